The largest absolute Gasteiger partial charge is 0.354 e. The Morgan fingerprint density at radius 3 is 2.71 bits per heavy atom. The first-order chi connectivity index (χ1) is 11.6. The number of nitrogens with zero attached hydrogens (tertiary/aromatic N) is 6. The molecule has 0 atom stereocenters. The van der Waals surface area contributed by atoms with E-state index in [9.17, 15) is 0 Å². The standard InChI is InChI=1S/C16H26N8/c1-12-21-22-15(23(12)2)11-18-16(20-13-6-4-5-7-13)17-10-14-8-9-19-24(14)3/h8-9,13H,4-7,10-11H2,1-3H3,(H2,17,18,20). The van der Waals surface area contributed by atoms with Crippen LogP contribution in [-0.2, 0) is 27.2 Å². The van der Waals surface area contributed by atoms with E-state index in [0.29, 0.717) is 19.1 Å². The van der Waals surface area contributed by atoms with Crippen molar-refractivity contribution in [3.05, 3.63) is 29.6 Å². The van der Waals surface area contributed by atoms with Crippen LogP contribution in [0.2, 0.25) is 0 Å². The maximum absolute atomic E-state index is 4.72. The van der Waals surface area contributed by atoms with Crippen molar-refractivity contribution in [2.24, 2.45) is 19.1 Å². The van der Waals surface area contributed by atoms with Crippen LogP contribution in [0, 0.1) is 6.92 Å². The Labute approximate surface area is 142 Å². The monoisotopic (exact) mass is 330 g/mol. The number of hydrogen-bond donors (Lipinski definition) is 2. The van der Waals surface area contributed by atoms with E-state index < -0.39 is 0 Å². The van der Waals surface area contributed by atoms with Gasteiger partial charge in [0.1, 0.15) is 5.82 Å². The van der Waals surface area contributed by atoms with Crippen molar-refractivity contribution in [1.82, 2.24) is 35.2 Å². The number of guanidine groups is 1. The minimum atomic E-state index is 0.504. The molecule has 0 unspecified atom stereocenters. The zero-order chi connectivity index (χ0) is 16.9. The first kappa shape index (κ1) is 16.5. The average Bonchev–Trinajstić information content (AvgIpc) is 3.28. The molecule has 0 spiro atoms. The quantitative estimate of drug-likeness (QED) is 0.632. The summed E-state index contributed by atoms with van der Waals surface area (Å²) in [5.41, 5.74) is 1.08. The van der Waals surface area contributed by atoms with Gasteiger partial charge in [-0.3, -0.25) is 4.68 Å². The molecule has 1 aliphatic rings. The van der Waals surface area contributed by atoms with Crippen molar-refractivity contribution in [3.8, 4) is 0 Å². The van der Waals surface area contributed by atoms with E-state index in [2.05, 4.69) is 25.9 Å². The molecule has 3 rings (SSSR count). The van der Waals surface area contributed by atoms with Gasteiger partial charge >= 0.3 is 0 Å². The maximum Gasteiger partial charge on any atom is 0.192 e. The molecule has 24 heavy (non-hydrogen) atoms. The SMILES string of the molecule is Cc1nnc(CNC(=NCc2ccnn2C)NC2CCCC2)n1C. The molecule has 0 radical (unpaired) electrons. The lowest BCUT2D eigenvalue weighted by molar-refractivity contribution is 0.604. The minimum Gasteiger partial charge on any atom is -0.354 e. The fraction of sp³-hybridized carbons (Fsp3) is 0.625. The first-order valence-corrected chi connectivity index (χ1v) is 8.50. The van der Waals surface area contributed by atoms with E-state index in [1.165, 1.54) is 25.7 Å². The average molecular weight is 330 g/mol. The molecule has 2 N–H and O–H groups in total. The Kier molecular flexibility index (Phi) is 5.12. The van der Waals surface area contributed by atoms with Crippen LogP contribution in [0.25, 0.3) is 0 Å². The van der Waals surface area contributed by atoms with Gasteiger partial charge in [-0.25, -0.2) is 4.99 Å². The smallest absolute Gasteiger partial charge is 0.192 e. The summed E-state index contributed by atoms with van der Waals surface area (Å²) in [5.74, 6) is 2.63. The van der Waals surface area contributed by atoms with Crippen molar-refractivity contribution >= 4 is 5.96 Å². The van der Waals surface area contributed by atoms with Crippen LogP contribution in [0.4, 0.5) is 0 Å². The Hall–Kier alpha value is -2.38. The van der Waals surface area contributed by atoms with Crippen molar-refractivity contribution in [1.29, 1.82) is 0 Å². The second kappa shape index (κ2) is 7.46. The lowest BCUT2D eigenvalue weighted by atomic mass is 10.2. The minimum absolute atomic E-state index is 0.504. The van der Waals surface area contributed by atoms with Crippen molar-refractivity contribution in [2.75, 3.05) is 0 Å². The van der Waals surface area contributed by atoms with Crippen LogP contribution in [0.15, 0.2) is 17.3 Å². The molecule has 0 aliphatic heterocycles. The van der Waals surface area contributed by atoms with Crippen LogP contribution in [0.1, 0.15) is 43.0 Å². The molecule has 2 heterocycles. The highest BCUT2D eigenvalue weighted by atomic mass is 15.3. The number of aryl methyl sites for hydroxylation is 2. The highest BCUT2D eigenvalue weighted by Gasteiger charge is 2.16. The van der Waals surface area contributed by atoms with Crippen molar-refractivity contribution < 1.29 is 0 Å². The Morgan fingerprint density at radius 2 is 2.08 bits per heavy atom. The van der Waals surface area contributed by atoms with Crippen LogP contribution in [0.5, 0.6) is 0 Å². The molecule has 1 fully saturated rings. The summed E-state index contributed by atoms with van der Waals surface area (Å²) >= 11 is 0. The molecule has 0 aromatic carbocycles. The predicted molar refractivity (Wildman–Crippen MR) is 92.3 cm³/mol. The van der Waals surface area contributed by atoms with E-state index in [1.807, 2.05) is 36.3 Å². The van der Waals surface area contributed by atoms with Gasteiger partial charge in [0, 0.05) is 26.3 Å². The zero-order valence-corrected chi connectivity index (χ0v) is 14.7. The van der Waals surface area contributed by atoms with Crippen molar-refractivity contribution in [2.45, 2.75) is 51.7 Å². The fourth-order valence-electron chi connectivity index (χ4n) is 2.90. The van der Waals surface area contributed by atoms with E-state index in [-0.39, 0.29) is 0 Å². The highest BCUT2D eigenvalue weighted by molar-refractivity contribution is 5.80. The highest BCUT2D eigenvalue weighted by Crippen LogP contribution is 2.17. The summed E-state index contributed by atoms with van der Waals surface area (Å²) < 4.78 is 3.84. The van der Waals surface area contributed by atoms with Gasteiger partial charge in [-0.15, -0.1) is 10.2 Å². The van der Waals surface area contributed by atoms with Gasteiger partial charge in [0.15, 0.2) is 11.8 Å². The molecular weight excluding hydrogens is 304 g/mol. The van der Waals surface area contributed by atoms with Crippen LogP contribution in [-0.4, -0.2) is 36.5 Å². The summed E-state index contributed by atoms with van der Waals surface area (Å²) in [6.07, 6.45) is 6.78. The van der Waals surface area contributed by atoms with Gasteiger partial charge in [0.25, 0.3) is 0 Å². The number of rotatable bonds is 5. The van der Waals surface area contributed by atoms with E-state index in [0.717, 1.165) is 23.3 Å². The summed E-state index contributed by atoms with van der Waals surface area (Å²) in [4.78, 5) is 4.72. The molecule has 0 saturated heterocycles. The van der Waals surface area contributed by atoms with Gasteiger partial charge < -0.3 is 15.2 Å². The van der Waals surface area contributed by atoms with Gasteiger partial charge in [-0.1, -0.05) is 12.8 Å². The topological polar surface area (TPSA) is 85.0 Å². The molecule has 8 heteroatoms. The van der Waals surface area contributed by atoms with E-state index in [1.54, 1.807) is 6.20 Å². The Balaban J connectivity index is 1.66. The van der Waals surface area contributed by atoms with Crippen molar-refractivity contribution in [3.63, 3.8) is 0 Å². The van der Waals surface area contributed by atoms with E-state index in [4.69, 9.17) is 4.99 Å². The van der Waals surface area contributed by atoms with Gasteiger partial charge in [-0.2, -0.15) is 5.10 Å². The zero-order valence-electron chi connectivity index (χ0n) is 14.7. The fourth-order valence-corrected chi connectivity index (χ4v) is 2.90. The third-order valence-electron chi connectivity index (χ3n) is 4.61. The number of aliphatic imine (C=N–C) groups is 1. The molecule has 8 nitrogen and oxygen atoms in total. The summed E-state index contributed by atoms with van der Waals surface area (Å²) in [5, 5.41) is 19.4. The molecule has 0 bridgehead atoms. The molecular formula is C16H26N8. The third kappa shape index (κ3) is 3.93. The molecule has 1 saturated carbocycles. The normalized spacial score (nSPS) is 15.9. The number of aromatic nitrogens is 5. The molecule has 2 aromatic heterocycles. The molecule has 1 aliphatic carbocycles. The Morgan fingerprint density at radius 1 is 1.29 bits per heavy atom. The van der Waals surface area contributed by atoms with Crippen LogP contribution < -0.4 is 10.6 Å². The second-order valence-corrected chi connectivity index (χ2v) is 6.31. The first-order valence-electron chi connectivity index (χ1n) is 8.50. The molecule has 0 amide bonds. The Bertz CT molecular complexity index is 693. The third-order valence-corrected chi connectivity index (χ3v) is 4.61. The van der Waals surface area contributed by atoms with Gasteiger partial charge in [0.05, 0.1) is 18.8 Å². The lowest BCUT2D eigenvalue weighted by Crippen LogP contribution is -2.42. The van der Waals surface area contributed by atoms with Crippen LogP contribution in [0.3, 0.4) is 0 Å². The van der Waals surface area contributed by atoms with Gasteiger partial charge in [-0.05, 0) is 25.8 Å². The van der Waals surface area contributed by atoms with Gasteiger partial charge in [0.2, 0.25) is 0 Å². The number of nitrogens with one attached hydrogen (secondary N) is 2. The van der Waals surface area contributed by atoms with E-state index >= 15 is 0 Å². The second-order valence-electron chi connectivity index (χ2n) is 6.31. The summed E-state index contributed by atoms with van der Waals surface area (Å²) in [7, 11) is 3.91. The summed E-state index contributed by atoms with van der Waals surface area (Å²) in [6.45, 7) is 3.14. The number of hydrogen-bond acceptors (Lipinski definition) is 4. The predicted octanol–water partition coefficient (Wildman–Crippen LogP) is 1.04. The molecule has 2 aromatic rings. The van der Waals surface area contributed by atoms with Crippen LogP contribution >= 0.6 is 0 Å². The molecule has 130 valence electrons. The maximum atomic E-state index is 4.72. The summed E-state index contributed by atoms with van der Waals surface area (Å²) in [6, 6.07) is 2.49. The lowest BCUT2D eigenvalue weighted by Gasteiger charge is -2.17.